The molecule has 0 heterocycles. The molecule has 0 aliphatic carbocycles. The van der Waals surface area contributed by atoms with Gasteiger partial charge >= 0.3 is 11.9 Å². The van der Waals surface area contributed by atoms with Gasteiger partial charge < -0.3 is 15.9 Å². The van der Waals surface area contributed by atoms with Gasteiger partial charge in [-0.1, -0.05) is 30.3 Å². The van der Waals surface area contributed by atoms with Crippen molar-refractivity contribution >= 4 is 18.2 Å². The Kier molecular flexibility index (Phi) is 7.80. The molecule has 18 heavy (non-hydrogen) atoms. The maximum absolute atomic E-state index is 10.0. The van der Waals surface area contributed by atoms with Crippen LogP contribution in [-0.4, -0.2) is 34.5 Å². The van der Waals surface area contributed by atoms with Crippen molar-refractivity contribution in [3.05, 3.63) is 35.9 Å². The molecule has 1 rings (SSSR count). The second-order valence-corrected chi connectivity index (χ2v) is 3.41. The number of carbonyl (C=O) groups is 3. The molecule has 4 N–H and O–H groups in total. The third-order valence-electron chi connectivity index (χ3n) is 1.92. The summed E-state index contributed by atoms with van der Waals surface area (Å²) in [4.78, 5) is 29.9. The van der Waals surface area contributed by atoms with Crippen LogP contribution < -0.4 is 5.73 Å². The molecule has 0 fully saturated rings. The first-order valence-corrected chi connectivity index (χ1v) is 5.17. The van der Waals surface area contributed by atoms with Crippen LogP contribution in [-0.2, 0) is 9.59 Å². The van der Waals surface area contributed by atoms with Crippen molar-refractivity contribution in [3.8, 4) is 0 Å². The quantitative estimate of drug-likeness (QED) is 0.667. The smallest absolute Gasteiger partial charge is 0.320 e. The van der Waals surface area contributed by atoms with Crippen molar-refractivity contribution < 1.29 is 24.6 Å². The number of benzene rings is 1. The zero-order chi connectivity index (χ0) is 14.0. The van der Waals surface area contributed by atoms with E-state index in [2.05, 4.69) is 0 Å². The number of hydrogen-bond acceptors (Lipinski definition) is 4. The first kappa shape index (κ1) is 15.8. The van der Waals surface area contributed by atoms with E-state index in [1.807, 2.05) is 18.2 Å². The Morgan fingerprint density at radius 1 is 1.22 bits per heavy atom. The number of aldehydes is 1. The number of nitrogens with two attached hydrogens (primary N) is 1. The Labute approximate surface area is 104 Å². The Bertz CT molecular complexity index is 391. The number of carboxylic acids is 2. The van der Waals surface area contributed by atoms with Crippen LogP contribution in [0, 0.1) is 0 Å². The van der Waals surface area contributed by atoms with Crippen LogP contribution in [0.3, 0.4) is 0 Å². The Morgan fingerprint density at radius 2 is 1.78 bits per heavy atom. The monoisotopic (exact) mass is 253 g/mol. The molecule has 0 aliphatic rings. The lowest BCUT2D eigenvalue weighted by Gasteiger charge is -2.01. The normalized spacial score (nSPS) is 10.7. The summed E-state index contributed by atoms with van der Waals surface area (Å²) < 4.78 is 0. The van der Waals surface area contributed by atoms with Crippen molar-refractivity contribution in [3.63, 3.8) is 0 Å². The second-order valence-electron chi connectivity index (χ2n) is 3.41. The van der Waals surface area contributed by atoms with Gasteiger partial charge in [-0.2, -0.15) is 0 Å². The molecule has 0 amide bonds. The van der Waals surface area contributed by atoms with Crippen LogP contribution >= 0.6 is 0 Å². The summed E-state index contributed by atoms with van der Waals surface area (Å²) in [6, 6.07) is 8.04. The van der Waals surface area contributed by atoms with Gasteiger partial charge in [-0.05, 0) is 6.42 Å². The molecular formula is C12H15NO5. The lowest BCUT2D eigenvalue weighted by molar-refractivity contribution is -0.139. The van der Waals surface area contributed by atoms with Crippen molar-refractivity contribution in [2.45, 2.75) is 18.9 Å². The number of hydrogen-bond donors (Lipinski definition) is 3. The maximum Gasteiger partial charge on any atom is 0.320 e. The van der Waals surface area contributed by atoms with Crippen LogP contribution in [0.15, 0.2) is 30.3 Å². The first-order valence-electron chi connectivity index (χ1n) is 5.17. The summed E-state index contributed by atoms with van der Waals surface area (Å²) in [5, 5.41) is 16.3. The highest BCUT2D eigenvalue weighted by Gasteiger charge is 2.12. The SMILES string of the molecule is NC(CCC(=O)O)C(=O)O.O=Cc1ccccc1. The Balaban J connectivity index is 0.000000327. The van der Waals surface area contributed by atoms with E-state index in [0.29, 0.717) is 0 Å². The van der Waals surface area contributed by atoms with Gasteiger partial charge in [-0.15, -0.1) is 0 Å². The van der Waals surface area contributed by atoms with E-state index < -0.39 is 18.0 Å². The van der Waals surface area contributed by atoms with Crippen molar-refractivity contribution in [1.29, 1.82) is 0 Å². The largest absolute Gasteiger partial charge is 0.481 e. The van der Waals surface area contributed by atoms with Crippen molar-refractivity contribution in [2.24, 2.45) is 5.73 Å². The van der Waals surface area contributed by atoms with Crippen LogP contribution in [0.2, 0.25) is 0 Å². The molecule has 6 heteroatoms. The predicted molar refractivity (Wildman–Crippen MR) is 64.3 cm³/mol. The molecule has 1 aromatic carbocycles. The van der Waals surface area contributed by atoms with E-state index in [9.17, 15) is 14.4 Å². The lowest BCUT2D eigenvalue weighted by Crippen LogP contribution is -2.30. The molecule has 1 aromatic rings. The summed E-state index contributed by atoms with van der Waals surface area (Å²) in [5.74, 6) is -2.20. The maximum atomic E-state index is 10.0. The van der Waals surface area contributed by atoms with Gasteiger partial charge in [0.05, 0.1) is 0 Å². The minimum Gasteiger partial charge on any atom is -0.481 e. The van der Waals surface area contributed by atoms with E-state index in [4.69, 9.17) is 15.9 Å². The van der Waals surface area contributed by atoms with E-state index in [1.165, 1.54) is 0 Å². The van der Waals surface area contributed by atoms with Gasteiger partial charge in [0.2, 0.25) is 0 Å². The third-order valence-corrected chi connectivity index (χ3v) is 1.92. The highest BCUT2D eigenvalue weighted by molar-refractivity contribution is 5.74. The van der Waals surface area contributed by atoms with E-state index >= 15 is 0 Å². The molecule has 0 bridgehead atoms. The average molecular weight is 253 g/mol. The number of carbonyl (C=O) groups excluding carboxylic acids is 1. The minimum atomic E-state index is -1.17. The molecule has 1 unspecified atom stereocenters. The minimum absolute atomic E-state index is 0.0231. The van der Waals surface area contributed by atoms with E-state index in [0.717, 1.165) is 11.8 Å². The van der Waals surface area contributed by atoms with Gasteiger partial charge in [0.15, 0.2) is 0 Å². The molecule has 0 spiro atoms. The topological polar surface area (TPSA) is 118 Å². The number of aliphatic carboxylic acids is 2. The Hall–Kier alpha value is -2.21. The number of carboxylic acid groups (broad SMARTS) is 2. The van der Waals surface area contributed by atoms with Crippen LogP contribution in [0.1, 0.15) is 23.2 Å². The summed E-state index contributed by atoms with van der Waals surface area (Å²) in [5.41, 5.74) is 5.73. The Morgan fingerprint density at radius 3 is 2.11 bits per heavy atom. The molecule has 98 valence electrons. The summed E-state index contributed by atoms with van der Waals surface area (Å²) in [6.07, 6.45) is 0.609. The molecule has 0 radical (unpaired) electrons. The summed E-state index contributed by atoms with van der Waals surface area (Å²) >= 11 is 0. The zero-order valence-electron chi connectivity index (χ0n) is 9.65. The highest BCUT2D eigenvalue weighted by atomic mass is 16.4. The molecule has 6 nitrogen and oxygen atoms in total. The number of rotatable bonds is 5. The molecule has 0 saturated carbocycles. The van der Waals surface area contributed by atoms with Gasteiger partial charge in [0, 0.05) is 12.0 Å². The van der Waals surface area contributed by atoms with Gasteiger partial charge in [-0.25, -0.2) is 0 Å². The molecule has 1 atom stereocenters. The van der Waals surface area contributed by atoms with Crippen LogP contribution in [0.25, 0.3) is 0 Å². The van der Waals surface area contributed by atoms with E-state index in [1.54, 1.807) is 12.1 Å². The van der Waals surface area contributed by atoms with Crippen molar-refractivity contribution in [1.82, 2.24) is 0 Å². The van der Waals surface area contributed by atoms with Crippen molar-refractivity contribution in [2.75, 3.05) is 0 Å². The van der Waals surface area contributed by atoms with Gasteiger partial charge in [-0.3, -0.25) is 14.4 Å². The third kappa shape index (κ3) is 8.00. The van der Waals surface area contributed by atoms with Gasteiger partial charge in [0.1, 0.15) is 12.3 Å². The van der Waals surface area contributed by atoms with E-state index in [-0.39, 0.29) is 12.8 Å². The highest BCUT2D eigenvalue weighted by Crippen LogP contribution is 1.93. The fraction of sp³-hybridized carbons (Fsp3) is 0.250. The first-order chi connectivity index (χ1) is 8.47. The summed E-state index contributed by atoms with van der Waals surface area (Å²) in [6.45, 7) is 0. The molecule has 0 aliphatic heterocycles. The lowest BCUT2D eigenvalue weighted by atomic mass is 10.2. The zero-order valence-corrected chi connectivity index (χ0v) is 9.65. The fourth-order valence-corrected chi connectivity index (χ4v) is 0.934. The molecule has 0 saturated heterocycles. The van der Waals surface area contributed by atoms with Crippen LogP contribution in [0.5, 0.6) is 0 Å². The average Bonchev–Trinajstić information content (AvgIpc) is 2.37. The molecule has 0 aromatic heterocycles. The second kappa shape index (κ2) is 8.89. The summed E-state index contributed by atoms with van der Waals surface area (Å²) in [7, 11) is 0. The standard InChI is InChI=1S/C7H6O.C5H9NO4/c8-6-7-4-2-1-3-5-7;6-3(5(9)10)1-2-4(7)8/h1-6H;3H,1-2,6H2,(H,7,8)(H,9,10). The fourth-order valence-electron chi connectivity index (χ4n) is 0.934. The predicted octanol–water partition coefficient (Wildman–Crippen LogP) is 0.762. The molecular weight excluding hydrogens is 238 g/mol. The van der Waals surface area contributed by atoms with Crippen LogP contribution in [0.4, 0.5) is 0 Å². The van der Waals surface area contributed by atoms with Gasteiger partial charge in [0.25, 0.3) is 0 Å².